The van der Waals surface area contributed by atoms with Crippen LogP contribution >= 0.6 is 11.8 Å². The third-order valence-corrected chi connectivity index (χ3v) is 6.79. The van der Waals surface area contributed by atoms with E-state index in [1.54, 1.807) is 29.4 Å². The maximum absolute atomic E-state index is 11.9. The van der Waals surface area contributed by atoms with Crippen LogP contribution in [0.4, 0.5) is 11.4 Å². The highest BCUT2D eigenvalue weighted by atomic mass is 32.2. The topological polar surface area (TPSA) is 46.5 Å². The van der Waals surface area contributed by atoms with Gasteiger partial charge in [-0.15, -0.1) is 0 Å². The van der Waals surface area contributed by atoms with Gasteiger partial charge in [0.1, 0.15) is 6.17 Å². The van der Waals surface area contributed by atoms with Crippen LogP contribution < -0.4 is 15.8 Å². The van der Waals surface area contributed by atoms with E-state index in [-0.39, 0.29) is 17.1 Å². The SMILES string of the molecule is Cn1ccc(Sc2ccc3c(c2)NC(C(C)(C)C)N3CC2CCOCC2)cc1=O. The van der Waals surface area contributed by atoms with Gasteiger partial charge < -0.3 is 19.5 Å². The molecule has 0 radical (unpaired) electrons. The number of hydrogen-bond donors (Lipinski definition) is 1. The van der Waals surface area contributed by atoms with Crippen molar-refractivity contribution in [3.8, 4) is 0 Å². The third kappa shape index (κ3) is 4.48. The van der Waals surface area contributed by atoms with E-state index in [2.05, 4.69) is 49.2 Å². The van der Waals surface area contributed by atoms with Crippen molar-refractivity contribution in [1.82, 2.24) is 4.57 Å². The Morgan fingerprint density at radius 2 is 1.86 bits per heavy atom. The summed E-state index contributed by atoms with van der Waals surface area (Å²) in [5.41, 5.74) is 2.60. The Hall–Kier alpha value is -1.92. The highest BCUT2D eigenvalue weighted by Gasteiger charge is 2.38. The average molecular weight is 414 g/mol. The van der Waals surface area contributed by atoms with Crippen molar-refractivity contribution in [2.75, 3.05) is 30.0 Å². The molecule has 1 N–H and O–H groups in total. The normalized spacial score (nSPS) is 19.9. The van der Waals surface area contributed by atoms with Crippen molar-refractivity contribution in [3.63, 3.8) is 0 Å². The summed E-state index contributed by atoms with van der Waals surface area (Å²) >= 11 is 1.63. The van der Waals surface area contributed by atoms with Crippen LogP contribution in [0, 0.1) is 11.3 Å². The molecule has 2 aliphatic heterocycles. The smallest absolute Gasteiger partial charge is 0.251 e. The number of pyridine rings is 1. The van der Waals surface area contributed by atoms with Gasteiger partial charge in [0, 0.05) is 54.3 Å². The molecular weight excluding hydrogens is 382 g/mol. The predicted octanol–water partition coefficient (Wildman–Crippen LogP) is 4.57. The molecule has 0 aliphatic carbocycles. The molecule has 1 aromatic carbocycles. The van der Waals surface area contributed by atoms with Crippen molar-refractivity contribution in [2.24, 2.45) is 18.4 Å². The molecule has 1 saturated heterocycles. The number of aromatic nitrogens is 1. The van der Waals surface area contributed by atoms with Gasteiger partial charge in [-0.3, -0.25) is 4.79 Å². The highest BCUT2D eigenvalue weighted by Crippen LogP contribution is 2.43. The third-order valence-electron chi connectivity index (χ3n) is 5.81. The van der Waals surface area contributed by atoms with Gasteiger partial charge in [0.15, 0.2) is 0 Å². The molecule has 5 nitrogen and oxygen atoms in total. The molecule has 156 valence electrons. The van der Waals surface area contributed by atoms with Crippen LogP contribution in [0.15, 0.2) is 51.1 Å². The Bertz CT molecular complexity index is 928. The molecule has 0 spiro atoms. The maximum Gasteiger partial charge on any atom is 0.251 e. The van der Waals surface area contributed by atoms with Gasteiger partial charge in [-0.1, -0.05) is 32.5 Å². The van der Waals surface area contributed by atoms with Gasteiger partial charge in [-0.2, -0.15) is 0 Å². The monoisotopic (exact) mass is 413 g/mol. The molecule has 3 heterocycles. The Balaban J connectivity index is 1.58. The van der Waals surface area contributed by atoms with Crippen LogP contribution in [0.5, 0.6) is 0 Å². The van der Waals surface area contributed by atoms with Crippen LogP contribution in [0.1, 0.15) is 33.6 Å². The largest absolute Gasteiger partial charge is 0.381 e. The molecule has 1 atom stereocenters. The van der Waals surface area contributed by atoms with Crippen LogP contribution in [0.3, 0.4) is 0 Å². The Labute approximate surface area is 177 Å². The first-order valence-corrected chi connectivity index (χ1v) is 11.2. The van der Waals surface area contributed by atoms with Crippen LogP contribution in [-0.2, 0) is 11.8 Å². The first-order valence-electron chi connectivity index (χ1n) is 10.4. The molecule has 0 amide bonds. The number of hydrogen-bond acceptors (Lipinski definition) is 5. The zero-order valence-electron chi connectivity index (χ0n) is 17.8. The number of fused-ring (bicyclic) bond motifs is 1. The number of nitrogens with zero attached hydrogens (tertiary/aromatic N) is 2. The summed E-state index contributed by atoms with van der Waals surface area (Å²) in [6.07, 6.45) is 4.37. The molecular formula is C23H31N3O2S. The molecule has 0 bridgehead atoms. The number of nitrogens with one attached hydrogen (secondary N) is 1. The lowest BCUT2D eigenvalue weighted by Crippen LogP contribution is -2.47. The molecule has 6 heteroatoms. The molecule has 2 aromatic rings. The fraction of sp³-hybridized carbons (Fsp3) is 0.522. The zero-order valence-corrected chi connectivity index (χ0v) is 18.6. The highest BCUT2D eigenvalue weighted by molar-refractivity contribution is 7.99. The lowest BCUT2D eigenvalue weighted by atomic mass is 9.90. The molecule has 2 aliphatic rings. The van der Waals surface area contributed by atoms with Gasteiger partial charge in [0.05, 0.1) is 11.4 Å². The van der Waals surface area contributed by atoms with Crippen molar-refractivity contribution in [3.05, 3.63) is 46.9 Å². The first-order chi connectivity index (χ1) is 13.8. The minimum Gasteiger partial charge on any atom is -0.381 e. The minimum absolute atomic E-state index is 0.0183. The second-order valence-electron chi connectivity index (χ2n) is 9.21. The van der Waals surface area contributed by atoms with Crippen LogP contribution in [-0.4, -0.2) is 30.5 Å². The maximum atomic E-state index is 11.9. The van der Waals surface area contributed by atoms with Gasteiger partial charge in [-0.05, 0) is 43.0 Å². The minimum atomic E-state index is 0.0183. The van der Waals surface area contributed by atoms with E-state index in [0.717, 1.165) is 42.4 Å². The van der Waals surface area contributed by atoms with Crippen LogP contribution in [0.2, 0.25) is 0 Å². The second-order valence-corrected chi connectivity index (χ2v) is 10.4. The lowest BCUT2D eigenvalue weighted by molar-refractivity contribution is 0.0672. The molecule has 1 unspecified atom stereocenters. The number of aryl methyl sites for hydroxylation is 1. The molecule has 4 rings (SSSR count). The van der Waals surface area contributed by atoms with Crippen molar-refractivity contribution >= 4 is 23.1 Å². The van der Waals surface area contributed by atoms with E-state index in [0.29, 0.717) is 5.92 Å². The van der Waals surface area contributed by atoms with Gasteiger partial charge in [-0.25, -0.2) is 0 Å². The fourth-order valence-corrected chi connectivity index (χ4v) is 5.01. The van der Waals surface area contributed by atoms with E-state index in [1.165, 1.54) is 11.4 Å². The van der Waals surface area contributed by atoms with Crippen molar-refractivity contribution < 1.29 is 4.74 Å². The number of benzene rings is 1. The first kappa shape index (κ1) is 20.4. The Morgan fingerprint density at radius 1 is 1.14 bits per heavy atom. The molecule has 1 fully saturated rings. The summed E-state index contributed by atoms with van der Waals surface area (Å²) in [5, 5.41) is 3.78. The fourth-order valence-electron chi connectivity index (χ4n) is 4.13. The second kappa shape index (κ2) is 8.07. The lowest BCUT2D eigenvalue weighted by Gasteiger charge is -2.39. The molecule has 1 aromatic heterocycles. The van der Waals surface area contributed by atoms with E-state index in [4.69, 9.17) is 4.74 Å². The predicted molar refractivity (Wildman–Crippen MR) is 120 cm³/mol. The summed E-state index contributed by atoms with van der Waals surface area (Å²) in [5.74, 6) is 0.677. The summed E-state index contributed by atoms with van der Waals surface area (Å²) < 4.78 is 7.15. The van der Waals surface area contributed by atoms with Gasteiger partial charge in [0.25, 0.3) is 5.56 Å². The van der Waals surface area contributed by atoms with E-state index in [1.807, 2.05) is 12.3 Å². The van der Waals surface area contributed by atoms with E-state index >= 15 is 0 Å². The summed E-state index contributed by atoms with van der Waals surface area (Å²) in [6, 6.07) is 10.3. The van der Waals surface area contributed by atoms with Crippen LogP contribution in [0.25, 0.3) is 0 Å². The van der Waals surface area contributed by atoms with E-state index < -0.39 is 0 Å². The number of rotatable bonds is 4. The van der Waals surface area contributed by atoms with Crippen molar-refractivity contribution in [1.29, 1.82) is 0 Å². The van der Waals surface area contributed by atoms with E-state index in [9.17, 15) is 4.79 Å². The molecule has 0 saturated carbocycles. The Morgan fingerprint density at radius 3 is 2.55 bits per heavy atom. The van der Waals surface area contributed by atoms with Crippen molar-refractivity contribution in [2.45, 2.75) is 49.6 Å². The summed E-state index contributed by atoms with van der Waals surface area (Å²) in [6.45, 7) is 9.71. The quantitative estimate of drug-likeness (QED) is 0.796. The van der Waals surface area contributed by atoms with Gasteiger partial charge in [0.2, 0.25) is 0 Å². The number of anilines is 2. The molecule has 29 heavy (non-hydrogen) atoms. The zero-order chi connectivity index (χ0) is 20.6. The standard InChI is InChI=1S/C23H31N3O2S/c1-23(2,3)22-24-19-13-17(29-18-7-10-25(4)21(27)14-18)5-6-20(19)26(22)15-16-8-11-28-12-9-16/h5-7,10,13-14,16,22,24H,8-9,11-12,15H2,1-4H3. The summed E-state index contributed by atoms with van der Waals surface area (Å²) in [7, 11) is 1.77. The van der Waals surface area contributed by atoms with Gasteiger partial charge >= 0.3 is 0 Å². The average Bonchev–Trinajstić information content (AvgIpc) is 3.04. The number of ether oxygens (including phenoxy) is 1. The Kier molecular flexibility index (Phi) is 5.67. The summed E-state index contributed by atoms with van der Waals surface area (Å²) in [4.78, 5) is 16.6.